The summed E-state index contributed by atoms with van der Waals surface area (Å²) < 4.78 is 40.7. The van der Waals surface area contributed by atoms with Crippen LogP contribution in [0.3, 0.4) is 0 Å². The van der Waals surface area contributed by atoms with Gasteiger partial charge in [0, 0.05) is 25.2 Å². The summed E-state index contributed by atoms with van der Waals surface area (Å²) in [5, 5.41) is 11.2. The summed E-state index contributed by atoms with van der Waals surface area (Å²) in [5.41, 5.74) is 1.96. The number of hydrogen-bond donors (Lipinski definition) is 0. The summed E-state index contributed by atoms with van der Waals surface area (Å²) in [6.07, 6.45) is -4.55. The molecule has 0 spiro atoms. The van der Waals surface area contributed by atoms with Crippen molar-refractivity contribution in [2.75, 3.05) is 24.0 Å². The minimum absolute atomic E-state index is 0.240. The molecule has 2 aromatic rings. The quantitative estimate of drug-likeness (QED) is 0.802. The van der Waals surface area contributed by atoms with Crippen molar-refractivity contribution in [2.45, 2.75) is 16.7 Å². The summed E-state index contributed by atoms with van der Waals surface area (Å²) in [6.45, 7) is 0. The van der Waals surface area contributed by atoms with Crippen LogP contribution in [0.1, 0.15) is 16.8 Å². The molecule has 2 aliphatic rings. The van der Waals surface area contributed by atoms with Crippen LogP contribution in [0.2, 0.25) is 0 Å². The summed E-state index contributed by atoms with van der Waals surface area (Å²) >= 11 is 2.67. The largest absolute Gasteiger partial charge is 0.453 e. The van der Waals surface area contributed by atoms with Gasteiger partial charge in [-0.25, -0.2) is 4.68 Å². The highest BCUT2D eigenvalue weighted by Gasteiger charge is 2.46. The van der Waals surface area contributed by atoms with Crippen molar-refractivity contribution in [3.05, 3.63) is 46.1 Å². The molecule has 0 fully saturated rings. The van der Waals surface area contributed by atoms with Crippen LogP contribution in [-0.4, -0.2) is 29.0 Å². The van der Waals surface area contributed by atoms with Crippen LogP contribution in [0.25, 0.3) is 0 Å². The summed E-state index contributed by atoms with van der Waals surface area (Å²) in [5.74, 6) is -0.995. The minimum atomic E-state index is -4.55. The number of aromatic nitrogens is 3. The molecular formula is C14H12F3N5S2. The Balaban J connectivity index is 1.72. The standard InChI is InChI=1S/C14H12F3N5S2/c1-20(2)9-5-3-8(4-6-9)11-21-10(7-23-11)24-13-19-18-12(22(13)21)14(15,16)17/h3-7,11H,1-2H3/t11-/m1/s1. The first-order chi connectivity index (χ1) is 11.4. The van der Waals surface area contributed by atoms with Gasteiger partial charge >= 0.3 is 6.18 Å². The molecule has 1 aromatic carbocycles. The van der Waals surface area contributed by atoms with E-state index in [1.165, 1.54) is 23.5 Å². The molecule has 1 atom stereocenters. The predicted octanol–water partition coefficient (Wildman–Crippen LogP) is 3.65. The molecule has 24 heavy (non-hydrogen) atoms. The van der Waals surface area contributed by atoms with Crippen molar-refractivity contribution < 1.29 is 13.2 Å². The van der Waals surface area contributed by atoms with Crippen molar-refractivity contribution in [3.63, 3.8) is 0 Å². The third kappa shape index (κ3) is 2.35. The van der Waals surface area contributed by atoms with Crippen LogP contribution in [0.4, 0.5) is 18.9 Å². The van der Waals surface area contributed by atoms with Gasteiger partial charge in [0.25, 0.3) is 5.82 Å². The zero-order valence-electron chi connectivity index (χ0n) is 12.7. The molecule has 5 nitrogen and oxygen atoms in total. The van der Waals surface area contributed by atoms with E-state index in [4.69, 9.17) is 0 Å². The zero-order chi connectivity index (χ0) is 17.1. The number of rotatable bonds is 2. The van der Waals surface area contributed by atoms with Gasteiger partial charge in [-0.05, 0) is 29.5 Å². The second kappa shape index (κ2) is 5.35. The van der Waals surface area contributed by atoms with Gasteiger partial charge in [0.05, 0.1) is 0 Å². The fourth-order valence-corrected chi connectivity index (χ4v) is 4.80. The molecule has 4 rings (SSSR count). The summed E-state index contributed by atoms with van der Waals surface area (Å²) in [7, 11) is 3.88. The maximum Gasteiger partial charge on any atom is 0.453 e. The summed E-state index contributed by atoms with van der Waals surface area (Å²) in [4.78, 5) is 1.97. The second-order valence-corrected chi connectivity index (χ2v) is 7.43. The first-order valence-electron chi connectivity index (χ1n) is 6.99. The van der Waals surface area contributed by atoms with E-state index in [0.29, 0.717) is 0 Å². The van der Waals surface area contributed by atoms with Crippen molar-refractivity contribution in [3.8, 4) is 0 Å². The Morgan fingerprint density at radius 1 is 1.12 bits per heavy atom. The Morgan fingerprint density at radius 3 is 2.46 bits per heavy atom. The Kier molecular flexibility index (Phi) is 3.50. The van der Waals surface area contributed by atoms with E-state index >= 15 is 0 Å². The molecule has 2 aliphatic heterocycles. The Hall–Kier alpha value is -1.81. The first-order valence-corrected chi connectivity index (χ1v) is 8.75. The van der Waals surface area contributed by atoms with Crippen LogP contribution >= 0.6 is 23.5 Å². The van der Waals surface area contributed by atoms with Crippen LogP contribution in [0.15, 0.2) is 39.9 Å². The zero-order valence-corrected chi connectivity index (χ0v) is 14.3. The second-order valence-electron chi connectivity index (χ2n) is 5.49. The number of hydrogen-bond acceptors (Lipinski definition) is 6. The Morgan fingerprint density at radius 2 is 1.83 bits per heavy atom. The third-order valence-electron chi connectivity index (χ3n) is 3.72. The number of thioether (sulfide) groups is 2. The third-order valence-corrected chi connectivity index (χ3v) is 5.91. The normalized spacial score (nSPS) is 19.3. The molecule has 10 heteroatoms. The lowest BCUT2D eigenvalue weighted by Gasteiger charge is -2.26. The highest BCUT2D eigenvalue weighted by atomic mass is 32.2. The maximum atomic E-state index is 13.2. The average Bonchev–Trinajstić information content (AvgIpc) is 3.16. The van der Waals surface area contributed by atoms with Gasteiger partial charge in [-0.3, -0.25) is 5.01 Å². The molecule has 3 heterocycles. The molecule has 126 valence electrons. The van der Waals surface area contributed by atoms with Crippen LogP contribution in [0, 0.1) is 0 Å². The monoisotopic (exact) mass is 371 g/mol. The molecule has 1 aromatic heterocycles. The number of alkyl halides is 3. The lowest BCUT2D eigenvalue weighted by Crippen LogP contribution is -2.33. The van der Waals surface area contributed by atoms with E-state index in [1.54, 1.807) is 5.01 Å². The number of fused-ring (bicyclic) bond motifs is 3. The van der Waals surface area contributed by atoms with Crippen LogP contribution in [-0.2, 0) is 6.18 Å². The molecule has 0 bridgehead atoms. The van der Waals surface area contributed by atoms with Crippen LogP contribution < -0.4 is 9.91 Å². The highest BCUT2D eigenvalue weighted by molar-refractivity contribution is 8.07. The Labute approximate surface area is 144 Å². The smallest absolute Gasteiger partial charge is 0.378 e. The first kappa shape index (κ1) is 15.7. The minimum Gasteiger partial charge on any atom is -0.378 e. The van der Waals surface area contributed by atoms with E-state index in [0.717, 1.165) is 21.0 Å². The van der Waals surface area contributed by atoms with Crippen molar-refractivity contribution in [2.24, 2.45) is 0 Å². The number of halogens is 3. The number of nitrogens with zero attached hydrogens (tertiary/aromatic N) is 5. The van der Waals surface area contributed by atoms with Gasteiger partial charge in [-0.2, -0.15) is 13.2 Å². The van der Waals surface area contributed by atoms with E-state index in [-0.39, 0.29) is 10.5 Å². The molecule has 0 aliphatic carbocycles. The van der Waals surface area contributed by atoms with E-state index < -0.39 is 12.0 Å². The SMILES string of the molecule is CN(C)c1ccc([C@H]2SC=C3Sc4nnc(C(F)(F)F)n4N32)cc1. The Bertz CT molecular complexity index is 813. The van der Waals surface area contributed by atoms with Crippen LogP contribution in [0.5, 0.6) is 0 Å². The molecule has 0 saturated carbocycles. The molecule has 0 radical (unpaired) electrons. The van der Waals surface area contributed by atoms with Gasteiger partial charge in [-0.1, -0.05) is 23.9 Å². The molecular weight excluding hydrogens is 359 g/mol. The summed E-state index contributed by atoms with van der Waals surface area (Å²) in [6, 6.07) is 7.78. The maximum absolute atomic E-state index is 13.2. The lowest BCUT2D eigenvalue weighted by atomic mass is 10.2. The molecule has 0 saturated heterocycles. The molecule has 0 N–H and O–H groups in total. The van der Waals surface area contributed by atoms with E-state index in [2.05, 4.69) is 10.2 Å². The number of anilines is 1. The van der Waals surface area contributed by atoms with Gasteiger partial charge in [0.2, 0.25) is 5.16 Å². The topological polar surface area (TPSA) is 37.2 Å². The molecule has 0 unspecified atom stereocenters. The van der Waals surface area contributed by atoms with Gasteiger partial charge in [0.1, 0.15) is 10.4 Å². The van der Waals surface area contributed by atoms with Gasteiger partial charge in [0.15, 0.2) is 0 Å². The molecule has 0 amide bonds. The van der Waals surface area contributed by atoms with Crippen molar-refractivity contribution >= 4 is 29.2 Å². The van der Waals surface area contributed by atoms with Gasteiger partial charge in [-0.15, -0.1) is 10.2 Å². The van der Waals surface area contributed by atoms with Gasteiger partial charge < -0.3 is 4.90 Å². The predicted molar refractivity (Wildman–Crippen MR) is 88.3 cm³/mol. The fourth-order valence-electron chi connectivity index (χ4n) is 2.57. The van der Waals surface area contributed by atoms with Crippen molar-refractivity contribution in [1.82, 2.24) is 14.9 Å². The average molecular weight is 371 g/mol. The van der Waals surface area contributed by atoms with E-state index in [1.807, 2.05) is 48.7 Å². The van der Waals surface area contributed by atoms with E-state index in [9.17, 15) is 13.2 Å². The van der Waals surface area contributed by atoms with Crippen molar-refractivity contribution in [1.29, 1.82) is 0 Å². The number of benzene rings is 1. The fraction of sp³-hybridized carbons (Fsp3) is 0.286. The lowest BCUT2D eigenvalue weighted by molar-refractivity contribution is -0.147. The highest BCUT2D eigenvalue weighted by Crippen LogP contribution is 2.52.